The van der Waals surface area contributed by atoms with E-state index in [0.717, 1.165) is 25.7 Å². The molecule has 0 aromatic rings. The predicted octanol–water partition coefficient (Wildman–Crippen LogP) is 1.61. The van der Waals surface area contributed by atoms with Gasteiger partial charge < -0.3 is 5.11 Å². The monoisotopic (exact) mass is 287 g/mol. The van der Waals surface area contributed by atoms with Gasteiger partial charge in [0.15, 0.2) is 0 Å². The Morgan fingerprint density at radius 2 is 2.05 bits per heavy atom. The second-order valence-corrected chi connectivity index (χ2v) is 7.42. The highest BCUT2D eigenvalue weighted by Gasteiger charge is 2.50. The Hall–Kier alpha value is -0.880. The molecule has 1 heterocycles. The second-order valence-electron chi connectivity index (χ2n) is 5.42. The summed E-state index contributed by atoms with van der Waals surface area (Å²) in [6, 6.07) is -0.979. The minimum Gasteiger partial charge on any atom is -0.480 e. The molecule has 5 nitrogen and oxygen atoms in total. The summed E-state index contributed by atoms with van der Waals surface area (Å²) in [7, 11) is -3.51. The molecular formula is C13H21NO4S. The Balaban J connectivity index is 2.27. The number of fused-ring (bicyclic) bond motifs is 1. The zero-order valence-electron chi connectivity index (χ0n) is 11.0. The maximum Gasteiger partial charge on any atom is 0.322 e. The van der Waals surface area contributed by atoms with Crippen molar-refractivity contribution >= 4 is 16.0 Å². The summed E-state index contributed by atoms with van der Waals surface area (Å²) >= 11 is 0. The van der Waals surface area contributed by atoms with Crippen molar-refractivity contribution in [3.63, 3.8) is 0 Å². The lowest BCUT2D eigenvalue weighted by molar-refractivity contribution is -0.141. The Labute approximate surface area is 114 Å². The number of carbonyl (C=O) groups is 1. The lowest BCUT2D eigenvalue weighted by Gasteiger charge is -2.32. The minimum atomic E-state index is -3.51. The SMILES string of the molecule is C=CCCS(=O)(=O)N1C(C(=O)O)CC2CCCCC21. The summed E-state index contributed by atoms with van der Waals surface area (Å²) in [4.78, 5) is 11.3. The van der Waals surface area contributed by atoms with Gasteiger partial charge in [-0.15, -0.1) is 6.58 Å². The van der Waals surface area contributed by atoms with E-state index in [9.17, 15) is 18.3 Å². The van der Waals surface area contributed by atoms with Crippen LogP contribution in [0.3, 0.4) is 0 Å². The molecule has 0 aromatic heterocycles. The highest BCUT2D eigenvalue weighted by molar-refractivity contribution is 7.89. The quantitative estimate of drug-likeness (QED) is 0.780. The zero-order chi connectivity index (χ0) is 14.0. The van der Waals surface area contributed by atoms with E-state index in [1.54, 1.807) is 6.08 Å². The van der Waals surface area contributed by atoms with E-state index >= 15 is 0 Å². The zero-order valence-corrected chi connectivity index (χ0v) is 11.8. The third-order valence-electron chi connectivity index (χ3n) is 4.22. The molecule has 3 atom stereocenters. The first-order chi connectivity index (χ1) is 8.97. The third kappa shape index (κ3) is 2.84. The van der Waals surface area contributed by atoms with Crippen LogP contribution in [0.15, 0.2) is 12.7 Å². The number of sulfonamides is 1. The van der Waals surface area contributed by atoms with E-state index in [2.05, 4.69) is 6.58 Å². The molecule has 0 spiro atoms. The first-order valence-corrected chi connectivity index (χ1v) is 8.43. The Kier molecular flexibility index (Phi) is 4.30. The average molecular weight is 287 g/mol. The smallest absolute Gasteiger partial charge is 0.322 e. The standard InChI is InChI=1S/C13H21NO4S/c1-2-3-8-19(17,18)14-11-7-5-4-6-10(11)9-12(14)13(15)16/h2,10-12H,1,3-9H2,(H,15,16). The summed E-state index contributed by atoms with van der Waals surface area (Å²) in [5.41, 5.74) is 0. The summed E-state index contributed by atoms with van der Waals surface area (Å²) < 4.78 is 26.0. The van der Waals surface area contributed by atoms with Gasteiger partial charge in [0.1, 0.15) is 6.04 Å². The van der Waals surface area contributed by atoms with E-state index < -0.39 is 22.0 Å². The largest absolute Gasteiger partial charge is 0.480 e. The highest BCUT2D eigenvalue weighted by atomic mass is 32.2. The summed E-state index contributed by atoms with van der Waals surface area (Å²) in [6.45, 7) is 3.53. The van der Waals surface area contributed by atoms with E-state index in [-0.39, 0.29) is 17.7 Å². The summed E-state index contributed by atoms with van der Waals surface area (Å²) in [6.07, 6.45) is 6.19. The van der Waals surface area contributed by atoms with Gasteiger partial charge in [0.25, 0.3) is 0 Å². The van der Waals surface area contributed by atoms with Crippen LogP contribution in [0.2, 0.25) is 0 Å². The molecule has 0 aromatic carbocycles. The molecule has 0 amide bonds. The number of nitrogens with zero attached hydrogens (tertiary/aromatic N) is 1. The van der Waals surface area contributed by atoms with Crippen LogP contribution in [0, 0.1) is 5.92 Å². The van der Waals surface area contributed by atoms with Gasteiger partial charge in [0, 0.05) is 6.04 Å². The average Bonchev–Trinajstić information content (AvgIpc) is 2.76. The van der Waals surface area contributed by atoms with Crippen molar-refractivity contribution in [2.75, 3.05) is 5.75 Å². The van der Waals surface area contributed by atoms with Gasteiger partial charge >= 0.3 is 5.97 Å². The predicted molar refractivity (Wildman–Crippen MR) is 72.2 cm³/mol. The molecule has 0 radical (unpaired) electrons. The Bertz CT molecular complexity index is 459. The van der Waals surface area contributed by atoms with E-state index in [4.69, 9.17) is 0 Å². The van der Waals surface area contributed by atoms with Crippen LogP contribution in [-0.4, -0.2) is 41.6 Å². The van der Waals surface area contributed by atoms with Gasteiger partial charge in [0.05, 0.1) is 5.75 Å². The van der Waals surface area contributed by atoms with Gasteiger partial charge in [0.2, 0.25) is 10.0 Å². The molecule has 1 aliphatic carbocycles. The molecule has 0 bridgehead atoms. The van der Waals surface area contributed by atoms with Crippen molar-refractivity contribution in [1.29, 1.82) is 0 Å². The van der Waals surface area contributed by atoms with Gasteiger partial charge in [-0.3, -0.25) is 4.79 Å². The number of carboxylic acids is 1. The highest BCUT2D eigenvalue weighted by Crippen LogP contribution is 2.41. The minimum absolute atomic E-state index is 0.0382. The van der Waals surface area contributed by atoms with Crippen molar-refractivity contribution in [1.82, 2.24) is 4.31 Å². The number of allylic oxidation sites excluding steroid dienone is 1. The van der Waals surface area contributed by atoms with Crippen molar-refractivity contribution in [3.05, 3.63) is 12.7 Å². The van der Waals surface area contributed by atoms with E-state index in [1.165, 1.54) is 4.31 Å². The lowest BCUT2D eigenvalue weighted by Crippen LogP contribution is -2.47. The topological polar surface area (TPSA) is 74.7 Å². The van der Waals surface area contributed by atoms with Crippen LogP contribution in [-0.2, 0) is 14.8 Å². The molecule has 2 fully saturated rings. The number of rotatable bonds is 5. The summed E-state index contributed by atoms with van der Waals surface area (Å²) in [5.74, 6) is -0.839. The van der Waals surface area contributed by atoms with Crippen LogP contribution in [0.5, 0.6) is 0 Å². The molecule has 19 heavy (non-hydrogen) atoms. The second kappa shape index (κ2) is 5.63. The van der Waals surface area contributed by atoms with Crippen LogP contribution >= 0.6 is 0 Å². The number of aliphatic carboxylic acids is 1. The molecule has 2 rings (SSSR count). The van der Waals surface area contributed by atoms with Gasteiger partial charge in [-0.25, -0.2) is 8.42 Å². The molecule has 1 saturated heterocycles. The van der Waals surface area contributed by atoms with Crippen molar-refractivity contribution in [3.8, 4) is 0 Å². The number of carboxylic acid groups (broad SMARTS) is 1. The van der Waals surface area contributed by atoms with E-state index in [1.807, 2.05) is 0 Å². The maximum absolute atomic E-state index is 12.4. The normalized spacial score (nSPS) is 31.9. The molecule has 3 unspecified atom stereocenters. The third-order valence-corrected chi connectivity index (χ3v) is 6.13. The molecule has 1 saturated carbocycles. The number of hydrogen-bond acceptors (Lipinski definition) is 3. The molecule has 1 aliphatic heterocycles. The molecule has 108 valence electrons. The number of hydrogen-bond donors (Lipinski definition) is 1. The van der Waals surface area contributed by atoms with Crippen molar-refractivity contribution in [2.45, 2.75) is 50.6 Å². The van der Waals surface area contributed by atoms with Crippen molar-refractivity contribution < 1.29 is 18.3 Å². The fourth-order valence-electron chi connectivity index (χ4n) is 3.37. The first kappa shape index (κ1) is 14.5. The van der Waals surface area contributed by atoms with Crippen molar-refractivity contribution in [2.24, 2.45) is 5.92 Å². The van der Waals surface area contributed by atoms with E-state index in [0.29, 0.717) is 12.8 Å². The summed E-state index contributed by atoms with van der Waals surface area (Å²) in [5, 5.41) is 9.29. The Morgan fingerprint density at radius 1 is 1.37 bits per heavy atom. The van der Waals surface area contributed by atoms with Crippen LogP contribution < -0.4 is 0 Å². The fourth-order valence-corrected chi connectivity index (χ4v) is 5.30. The molecule has 6 heteroatoms. The van der Waals surface area contributed by atoms with Gasteiger partial charge in [-0.05, 0) is 31.6 Å². The van der Waals surface area contributed by atoms with Gasteiger partial charge in [-0.2, -0.15) is 4.31 Å². The fraction of sp³-hybridized carbons (Fsp3) is 0.769. The lowest BCUT2D eigenvalue weighted by atomic mass is 9.85. The Morgan fingerprint density at radius 3 is 2.68 bits per heavy atom. The molecule has 1 N–H and O–H groups in total. The molecular weight excluding hydrogens is 266 g/mol. The maximum atomic E-state index is 12.4. The van der Waals surface area contributed by atoms with Gasteiger partial charge in [-0.1, -0.05) is 18.9 Å². The van der Waals surface area contributed by atoms with Crippen LogP contribution in [0.4, 0.5) is 0 Å². The first-order valence-electron chi connectivity index (χ1n) is 6.82. The van der Waals surface area contributed by atoms with Crippen LogP contribution in [0.25, 0.3) is 0 Å². The van der Waals surface area contributed by atoms with Crippen LogP contribution in [0.1, 0.15) is 38.5 Å². The molecule has 2 aliphatic rings.